The Morgan fingerprint density at radius 3 is 2.72 bits per heavy atom. The Kier molecular flexibility index (Phi) is 5.31. The fourth-order valence-corrected chi connectivity index (χ4v) is 2.14. The molecule has 18 heavy (non-hydrogen) atoms. The van der Waals surface area contributed by atoms with Gasteiger partial charge in [-0.05, 0) is 39.2 Å². The highest BCUT2D eigenvalue weighted by Gasteiger charge is 2.22. The molecular formula is C13H19BrN2O2. The second-order valence-electron chi connectivity index (χ2n) is 4.93. The summed E-state index contributed by atoms with van der Waals surface area (Å²) in [5, 5.41) is 12.8. The number of nitrogens with zero attached hydrogens (tertiary/aromatic N) is 1. The van der Waals surface area contributed by atoms with Crippen molar-refractivity contribution in [1.29, 1.82) is 0 Å². The number of hydrogen-bond donors (Lipinski definition) is 2. The highest BCUT2D eigenvalue weighted by atomic mass is 79.9. The predicted molar refractivity (Wildman–Crippen MR) is 75.7 cm³/mol. The summed E-state index contributed by atoms with van der Waals surface area (Å²) in [6, 6.07) is 7.15. The van der Waals surface area contributed by atoms with Crippen LogP contribution in [0.1, 0.15) is 17.3 Å². The highest BCUT2D eigenvalue weighted by molar-refractivity contribution is 9.10. The number of benzene rings is 1. The normalized spacial score (nSPS) is 14.3. The maximum atomic E-state index is 11.9. The van der Waals surface area contributed by atoms with Gasteiger partial charge in [0.25, 0.3) is 5.91 Å². The van der Waals surface area contributed by atoms with E-state index in [0.29, 0.717) is 12.1 Å². The Balaban J connectivity index is 2.56. The maximum absolute atomic E-state index is 11.9. The van der Waals surface area contributed by atoms with Crippen LogP contribution in [-0.2, 0) is 0 Å². The molecule has 0 saturated carbocycles. The standard InChI is InChI=1S/C13H19BrN2O2/c1-13(18,9-16(2)3)8-15-12(17)10-5-4-6-11(14)7-10/h4-7,18H,8-9H2,1-3H3,(H,15,17). The van der Waals surface area contributed by atoms with E-state index in [-0.39, 0.29) is 12.5 Å². The largest absolute Gasteiger partial charge is 0.387 e. The van der Waals surface area contributed by atoms with Crippen LogP contribution in [0, 0.1) is 0 Å². The molecule has 0 aliphatic carbocycles. The number of likely N-dealkylation sites (N-methyl/N-ethyl adjacent to an activating group) is 1. The van der Waals surface area contributed by atoms with Gasteiger partial charge in [0.15, 0.2) is 0 Å². The van der Waals surface area contributed by atoms with E-state index in [1.807, 2.05) is 25.1 Å². The second-order valence-corrected chi connectivity index (χ2v) is 5.84. The van der Waals surface area contributed by atoms with Crippen molar-refractivity contribution in [3.63, 3.8) is 0 Å². The molecule has 0 aliphatic heterocycles. The quantitative estimate of drug-likeness (QED) is 0.866. The molecule has 2 N–H and O–H groups in total. The van der Waals surface area contributed by atoms with Crippen LogP contribution < -0.4 is 5.32 Å². The van der Waals surface area contributed by atoms with E-state index in [0.717, 1.165) is 4.47 Å². The minimum absolute atomic E-state index is 0.185. The zero-order chi connectivity index (χ0) is 13.8. The second kappa shape index (κ2) is 6.31. The lowest BCUT2D eigenvalue weighted by molar-refractivity contribution is 0.0326. The molecule has 1 unspecified atom stereocenters. The van der Waals surface area contributed by atoms with Gasteiger partial charge in [0.05, 0.1) is 5.60 Å². The van der Waals surface area contributed by atoms with Crippen molar-refractivity contribution in [2.45, 2.75) is 12.5 Å². The summed E-state index contributed by atoms with van der Waals surface area (Å²) >= 11 is 3.32. The zero-order valence-corrected chi connectivity index (χ0v) is 12.5. The summed E-state index contributed by atoms with van der Waals surface area (Å²) in [6.45, 7) is 2.41. The molecule has 0 bridgehead atoms. The average Bonchev–Trinajstić information content (AvgIpc) is 2.24. The Bertz CT molecular complexity index is 419. The summed E-state index contributed by atoms with van der Waals surface area (Å²) in [4.78, 5) is 13.8. The van der Waals surface area contributed by atoms with E-state index in [2.05, 4.69) is 21.2 Å². The number of carbonyl (C=O) groups excluding carboxylic acids is 1. The van der Waals surface area contributed by atoms with E-state index < -0.39 is 5.60 Å². The van der Waals surface area contributed by atoms with Crippen molar-refractivity contribution in [1.82, 2.24) is 10.2 Å². The summed E-state index contributed by atoms with van der Waals surface area (Å²) in [6.07, 6.45) is 0. The smallest absolute Gasteiger partial charge is 0.251 e. The van der Waals surface area contributed by atoms with Gasteiger partial charge in [0.1, 0.15) is 0 Å². The van der Waals surface area contributed by atoms with Gasteiger partial charge in [-0.1, -0.05) is 22.0 Å². The molecule has 4 nitrogen and oxygen atoms in total. The van der Waals surface area contributed by atoms with Crippen LogP contribution >= 0.6 is 15.9 Å². The molecule has 0 radical (unpaired) electrons. The van der Waals surface area contributed by atoms with Gasteiger partial charge < -0.3 is 15.3 Å². The molecule has 0 saturated heterocycles. The first kappa shape index (κ1) is 15.1. The van der Waals surface area contributed by atoms with E-state index in [1.54, 1.807) is 25.1 Å². The van der Waals surface area contributed by atoms with E-state index >= 15 is 0 Å². The Hall–Kier alpha value is -0.910. The summed E-state index contributed by atoms with van der Waals surface area (Å²) in [7, 11) is 3.76. The summed E-state index contributed by atoms with van der Waals surface area (Å²) in [5.41, 5.74) is -0.365. The molecule has 1 rings (SSSR count). The lowest BCUT2D eigenvalue weighted by atomic mass is 10.1. The fourth-order valence-electron chi connectivity index (χ4n) is 1.74. The van der Waals surface area contributed by atoms with Crippen molar-refractivity contribution in [3.05, 3.63) is 34.3 Å². The molecule has 0 heterocycles. The van der Waals surface area contributed by atoms with Gasteiger partial charge in [0, 0.05) is 23.1 Å². The van der Waals surface area contributed by atoms with Crippen molar-refractivity contribution < 1.29 is 9.90 Å². The van der Waals surface area contributed by atoms with Crippen LogP contribution in [0.4, 0.5) is 0 Å². The minimum Gasteiger partial charge on any atom is -0.387 e. The first-order chi connectivity index (χ1) is 8.30. The van der Waals surface area contributed by atoms with Crippen LogP contribution in [0.3, 0.4) is 0 Å². The lowest BCUT2D eigenvalue weighted by Gasteiger charge is -2.27. The predicted octanol–water partition coefficient (Wildman–Crippen LogP) is 1.49. The van der Waals surface area contributed by atoms with Crippen LogP contribution in [0.2, 0.25) is 0 Å². The molecule has 100 valence electrons. The fraction of sp³-hybridized carbons (Fsp3) is 0.462. The number of hydrogen-bond acceptors (Lipinski definition) is 3. The number of rotatable bonds is 5. The average molecular weight is 315 g/mol. The monoisotopic (exact) mass is 314 g/mol. The molecular weight excluding hydrogens is 296 g/mol. The molecule has 0 aromatic heterocycles. The number of amides is 1. The van der Waals surface area contributed by atoms with Gasteiger partial charge in [-0.2, -0.15) is 0 Å². The third-order valence-electron chi connectivity index (χ3n) is 2.37. The minimum atomic E-state index is -0.939. The molecule has 1 aromatic rings. The van der Waals surface area contributed by atoms with Gasteiger partial charge in [-0.15, -0.1) is 0 Å². The van der Waals surface area contributed by atoms with Crippen LogP contribution in [0.25, 0.3) is 0 Å². The van der Waals surface area contributed by atoms with E-state index in [4.69, 9.17) is 0 Å². The van der Waals surface area contributed by atoms with Crippen LogP contribution in [-0.4, -0.2) is 48.7 Å². The van der Waals surface area contributed by atoms with Gasteiger partial charge in [-0.3, -0.25) is 4.79 Å². The summed E-state index contributed by atoms with van der Waals surface area (Å²) < 4.78 is 0.857. The van der Waals surface area contributed by atoms with Crippen molar-refractivity contribution in [3.8, 4) is 0 Å². The molecule has 1 amide bonds. The number of halogens is 1. The number of nitrogens with one attached hydrogen (secondary N) is 1. The van der Waals surface area contributed by atoms with Gasteiger partial charge >= 0.3 is 0 Å². The summed E-state index contributed by atoms with van der Waals surface area (Å²) in [5.74, 6) is -0.185. The first-order valence-electron chi connectivity index (χ1n) is 5.71. The van der Waals surface area contributed by atoms with Crippen LogP contribution in [0.15, 0.2) is 28.7 Å². The first-order valence-corrected chi connectivity index (χ1v) is 6.50. The molecule has 0 aliphatic rings. The third-order valence-corrected chi connectivity index (χ3v) is 2.87. The van der Waals surface area contributed by atoms with Crippen LogP contribution in [0.5, 0.6) is 0 Å². The zero-order valence-electron chi connectivity index (χ0n) is 10.9. The maximum Gasteiger partial charge on any atom is 0.251 e. The van der Waals surface area contributed by atoms with Crippen molar-refractivity contribution in [2.24, 2.45) is 0 Å². The Morgan fingerprint density at radius 2 is 2.17 bits per heavy atom. The van der Waals surface area contributed by atoms with E-state index in [9.17, 15) is 9.90 Å². The van der Waals surface area contributed by atoms with E-state index in [1.165, 1.54) is 0 Å². The topological polar surface area (TPSA) is 52.6 Å². The SMILES string of the molecule is CN(C)CC(C)(O)CNC(=O)c1cccc(Br)c1. The van der Waals surface area contributed by atoms with Gasteiger partial charge in [0.2, 0.25) is 0 Å². The molecule has 0 spiro atoms. The highest BCUT2D eigenvalue weighted by Crippen LogP contribution is 2.11. The lowest BCUT2D eigenvalue weighted by Crippen LogP contribution is -2.47. The Morgan fingerprint density at radius 1 is 1.50 bits per heavy atom. The molecule has 1 atom stereocenters. The number of carbonyl (C=O) groups is 1. The number of aliphatic hydroxyl groups is 1. The molecule has 1 aromatic carbocycles. The molecule has 0 fully saturated rings. The third kappa shape index (κ3) is 5.16. The van der Waals surface area contributed by atoms with Crippen molar-refractivity contribution in [2.75, 3.05) is 27.2 Å². The Labute approximate surface area is 116 Å². The van der Waals surface area contributed by atoms with Crippen molar-refractivity contribution >= 4 is 21.8 Å². The van der Waals surface area contributed by atoms with Gasteiger partial charge in [-0.25, -0.2) is 0 Å². The molecule has 5 heteroatoms.